The van der Waals surface area contributed by atoms with Gasteiger partial charge in [0.05, 0.1) is 27.6 Å². The van der Waals surface area contributed by atoms with Crippen LogP contribution in [0.3, 0.4) is 0 Å². The van der Waals surface area contributed by atoms with Crippen LogP contribution in [0.2, 0.25) is 15.1 Å². The fraction of sp³-hybridized carbons (Fsp3) is 0.364. The van der Waals surface area contributed by atoms with Gasteiger partial charge in [-0.05, 0) is 49.2 Å². The summed E-state index contributed by atoms with van der Waals surface area (Å²) < 4.78 is 2.16. The largest absolute Gasteiger partial charge is 0.331 e. The van der Waals surface area contributed by atoms with Crippen LogP contribution < -0.4 is 0 Å². The zero-order valence-corrected chi connectivity index (χ0v) is 18.9. The van der Waals surface area contributed by atoms with Crippen molar-refractivity contribution in [2.24, 2.45) is 0 Å². The van der Waals surface area contributed by atoms with Crippen LogP contribution in [0.1, 0.15) is 49.3 Å². The van der Waals surface area contributed by atoms with Crippen molar-refractivity contribution in [3.05, 3.63) is 62.9 Å². The molecule has 0 saturated carbocycles. The van der Waals surface area contributed by atoms with Crippen LogP contribution in [0.15, 0.2) is 36.4 Å². The van der Waals surface area contributed by atoms with Gasteiger partial charge in [-0.25, -0.2) is 4.98 Å². The van der Waals surface area contributed by atoms with E-state index in [1.165, 1.54) is 0 Å². The smallest absolute Gasteiger partial charge is 0.254 e. The van der Waals surface area contributed by atoms with Crippen LogP contribution in [-0.2, 0) is 13.1 Å². The SMILES string of the molecule is CCCCN(Cc1nc2ccc(Cl)cc2n1CCC)C(=O)c1ccc(Cl)c(Cl)c1. The molecule has 0 saturated heterocycles. The van der Waals surface area contributed by atoms with E-state index in [0.29, 0.717) is 33.7 Å². The van der Waals surface area contributed by atoms with Crippen LogP contribution in [0.5, 0.6) is 0 Å². The second-order valence-electron chi connectivity index (χ2n) is 7.02. The van der Waals surface area contributed by atoms with Crippen molar-refractivity contribution < 1.29 is 4.79 Å². The highest BCUT2D eigenvalue weighted by Crippen LogP contribution is 2.25. The molecule has 7 heteroatoms. The fourth-order valence-corrected chi connectivity index (χ4v) is 3.79. The molecule has 0 unspecified atom stereocenters. The van der Waals surface area contributed by atoms with E-state index in [-0.39, 0.29) is 5.91 Å². The summed E-state index contributed by atoms with van der Waals surface area (Å²) in [4.78, 5) is 19.8. The summed E-state index contributed by atoms with van der Waals surface area (Å²) in [7, 11) is 0. The number of aromatic nitrogens is 2. The number of halogens is 3. The number of unbranched alkanes of at least 4 members (excludes halogenated alkanes) is 1. The molecule has 0 N–H and O–H groups in total. The van der Waals surface area contributed by atoms with Gasteiger partial charge in [-0.1, -0.05) is 55.1 Å². The Kier molecular flexibility index (Phi) is 7.44. The van der Waals surface area contributed by atoms with Crippen LogP contribution >= 0.6 is 34.8 Å². The monoisotopic (exact) mass is 451 g/mol. The third kappa shape index (κ3) is 5.06. The summed E-state index contributed by atoms with van der Waals surface area (Å²) in [6, 6.07) is 10.7. The molecule has 0 atom stereocenters. The van der Waals surface area contributed by atoms with Gasteiger partial charge < -0.3 is 9.47 Å². The summed E-state index contributed by atoms with van der Waals surface area (Å²) in [5.74, 6) is 0.777. The van der Waals surface area contributed by atoms with Crippen LogP contribution in [0, 0.1) is 0 Å². The van der Waals surface area contributed by atoms with E-state index < -0.39 is 0 Å². The lowest BCUT2D eigenvalue weighted by Gasteiger charge is -2.23. The molecule has 0 aliphatic carbocycles. The summed E-state index contributed by atoms with van der Waals surface area (Å²) in [5, 5.41) is 1.49. The Labute approximate surface area is 186 Å². The van der Waals surface area contributed by atoms with Crippen molar-refractivity contribution in [1.29, 1.82) is 0 Å². The number of aryl methyl sites for hydroxylation is 1. The Morgan fingerprint density at radius 2 is 1.83 bits per heavy atom. The number of hydrogen-bond acceptors (Lipinski definition) is 2. The van der Waals surface area contributed by atoms with E-state index in [2.05, 4.69) is 18.4 Å². The van der Waals surface area contributed by atoms with Crippen molar-refractivity contribution >= 4 is 51.7 Å². The van der Waals surface area contributed by atoms with Crippen LogP contribution in [0.4, 0.5) is 0 Å². The molecule has 0 aliphatic heterocycles. The zero-order chi connectivity index (χ0) is 21.0. The minimum atomic E-state index is -0.0786. The number of benzene rings is 2. The van der Waals surface area contributed by atoms with E-state index in [0.717, 1.165) is 42.7 Å². The molecular weight excluding hydrogens is 429 g/mol. The third-order valence-corrected chi connectivity index (χ3v) is 5.78. The Hall–Kier alpha value is -1.75. The Balaban J connectivity index is 1.96. The van der Waals surface area contributed by atoms with Crippen molar-refractivity contribution in [2.45, 2.75) is 46.2 Å². The lowest BCUT2D eigenvalue weighted by molar-refractivity contribution is 0.0735. The van der Waals surface area contributed by atoms with Crippen molar-refractivity contribution in [3.8, 4) is 0 Å². The zero-order valence-electron chi connectivity index (χ0n) is 16.6. The molecule has 0 spiro atoms. The van der Waals surface area contributed by atoms with E-state index in [1.807, 2.05) is 23.1 Å². The number of nitrogens with zero attached hydrogens (tertiary/aromatic N) is 3. The second kappa shape index (κ2) is 9.84. The second-order valence-corrected chi connectivity index (χ2v) is 8.27. The number of carbonyl (C=O) groups excluding carboxylic acids is 1. The molecule has 0 radical (unpaired) electrons. The number of amides is 1. The molecule has 3 rings (SSSR count). The van der Waals surface area contributed by atoms with E-state index >= 15 is 0 Å². The highest BCUT2D eigenvalue weighted by Gasteiger charge is 2.20. The van der Waals surface area contributed by atoms with Crippen LogP contribution in [-0.4, -0.2) is 26.9 Å². The first-order valence-electron chi connectivity index (χ1n) is 9.83. The average Bonchev–Trinajstić information content (AvgIpc) is 3.03. The van der Waals surface area contributed by atoms with Crippen molar-refractivity contribution in [3.63, 3.8) is 0 Å². The van der Waals surface area contributed by atoms with Gasteiger partial charge in [0.1, 0.15) is 5.82 Å². The van der Waals surface area contributed by atoms with E-state index in [1.54, 1.807) is 18.2 Å². The highest BCUT2D eigenvalue weighted by atomic mass is 35.5. The topological polar surface area (TPSA) is 38.1 Å². The maximum atomic E-state index is 13.2. The Bertz CT molecular complexity index is 1020. The van der Waals surface area contributed by atoms with E-state index in [9.17, 15) is 4.79 Å². The predicted octanol–water partition coefficient (Wildman–Crippen LogP) is 6.85. The summed E-state index contributed by atoms with van der Waals surface area (Å²) in [5.41, 5.74) is 2.40. The van der Waals surface area contributed by atoms with Crippen LogP contribution in [0.25, 0.3) is 11.0 Å². The molecule has 0 bridgehead atoms. The molecule has 3 aromatic rings. The highest BCUT2D eigenvalue weighted by molar-refractivity contribution is 6.42. The summed E-state index contributed by atoms with van der Waals surface area (Å²) in [6.07, 6.45) is 2.86. The van der Waals surface area contributed by atoms with Gasteiger partial charge in [-0.3, -0.25) is 4.79 Å². The maximum absolute atomic E-state index is 13.2. The van der Waals surface area contributed by atoms with Gasteiger partial charge in [0.25, 0.3) is 5.91 Å². The first-order chi connectivity index (χ1) is 13.9. The fourth-order valence-electron chi connectivity index (χ4n) is 3.32. The van der Waals surface area contributed by atoms with E-state index in [4.69, 9.17) is 39.8 Å². The molecule has 4 nitrogen and oxygen atoms in total. The van der Waals surface area contributed by atoms with Crippen molar-refractivity contribution in [2.75, 3.05) is 6.54 Å². The predicted molar refractivity (Wildman–Crippen MR) is 121 cm³/mol. The number of rotatable bonds is 8. The number of hydrogen-bond donors (Lipinski definition) is 0. The lowest BCUT2D eigenvalue weighted by Crippen LogP contribution is -2.32. The number of imidazole rings is 1. The molecule has 154 valence electrons. The molecule has 2 aromatic carbocycles. The Morgan fingerprint density at radius 3 is 2.52 bits per heavy atom. The van der Waals surface area contributed by atoms with Gasteiger partial charge in [0, 0.05) is 23.7 Å². The minimum absolute atomic E-state index is 0.0786. The summed E-state index contributed by atoms with van der Waals surface area (Å²) >= 11 is 18.3. The first kappa shape index (κ1) is 21.9. The maximum Gasteiger partial charge on any atom is 0.254 e. The molecule has 0 fully saturated rings. The van der Waals surface area contributed by atoms with Gasteiger partial charge >= 0.3 is 0 Å². The molecule has 1 heterocycles. The van der Waals surface area contributed by atoms with Gasteiger partial charge in [0.15, 0.2) is 0 Å². The quantitative estimate of drug-likeness (QED) is 0.375. The average molecular weight is 453 g/mol. The molecule has 29 heavy (non-hydrogen) atoms. The summed E-state index contributed by atoms with van der Waals surface area (Å²) in [6.45, 7) is 6.11. The number of carbonyl (C=O) groups is 1. The molecule has 1 amide bonds. The normalized spacial score (nSPS) is 11.2. The number of fused-ring (bicyclic) bond motifs is 1. The molecule has 0 aliphatic rings. The Morgan fingerprint density at radius 1 is 1.03 bits per heavy atom. The van der Waals surface area contributed by atoms with Crippen molar-refractivity contribution in [1.82, 2.24) is 14.5 Å². The minimum Gasteiger partial charge on any atom is -0.331 e. The molecular formula is C22H24Cl3N3O. The first-order valence-corrected chi connectivity index (χ1v) is 11.0. The molecule has 1 aromatic heterocycles. The van der Waals surface area contributed by atoms with Gasteiger partial charge in [-0.15, -0.1) is 0 Å². The lowest BCUT2D eigenvalue weighted by atomic mass is 10.2. The standard InChI is InChI=1S/C22H24Cl3N3O/c1-3-5-11-27(22(29)15-6-8-17(24)18(25)12-15)14-21-26-19-9-7-16(23)13-20(19)28(21)10-4-2/h6-9,12-13H,3-5,10-11,14H2,1-2H3. The van der Waals surface area contributed by atoms with Gasteiger partial charge in [0.2, 0.25) is 0 Å². The van der Waals surface area contributed by atoms with Gasteiger partial charge in [-0.2, -0.15) is 0 Å². The third-order valence-electron chi connectivity index (χ3n) is 4.80.